The van der Waals surface area contributed by atoms with Gasteiger partial charge in [-0.2, -0.15) is 0 Å². The van der Waals surface area contributed by atoms with Crippen LogP contribution in [0.5, 0.6) is 0 Å². The van der Waals surface area contributed by atoms with Crippen molar-refractivity contribution in [3.05, 3.63) is 42.0 Å². The molecule has 2 fully saturated rings. The van der Waals surface area contributed by atoms with Gasteiger partial charge in [0.15, 0.2) is 0 Å². The number of benzene rings is 1. The van der Waals surface area contributed by atoms with Crippen LogP contribution in [0.15, 0.2) is 36.4 Å². The smallest absolute Gasteiger partial charge is 0.238 e. The Morgan fingerprint density at radius 2 is 1.62 bits per heavy atom. The summed E-state index contributed by atoms with van der Waals surface area (Å²) in [6.07, 6.45) is 6.47. The molecule has 4 aliphatic rings. The minimum Gasteiger partial charge on any atom is -0.274 e. The third kappa shape index (κ3) is 1.78. The Hall–Kier alpha value is -1.90. The second-order valence-corrected chi connectivity index (χ2v) is 8.41. The van der Waals surface area contributed by atoms with E-state index < -0.39 is 0 Å². The highest BCUT2D eigenvalue weighted by atomic mass is 16.2. The molecule has 0 N–H and O–H groups in total. The molecule has 2 amide bonds. The fourth-order valence-electron chi connectivity index (χ4n) is 5.18. The summed E-state index contributed by atoms with van der Waals surface area (Å²) in [6, 6.07) is 7.71. The van der Waals surface area contributed by atoms with Crippen molar-refractivity contribution in [2.75, 3.05) is 4.90 Å². The molecule has 3 nitrogen and oxygen atoms in total. The van der Waals surface area contributed by atoms with Crippen LogP contribution in [0.1, 0.15) is 39.2 Å². The molecular formula is C21H25NO2. The van der Waals surface area contributed by atoms with E-state index in [4.69, 9.17) is 0 Å². The van der Waals surface area contributed by atoms with E-state index in [0.717, 1.165) is 18.4 Å². The van der Waals surface area contributed by atoms with E-state index in [0.29, 0.717) is 11.6 Å². The lowest BCUT2D eigenvalue weighted by Gasteiger charge is -2.55. The number of carbonyl (C=O) groups is 2. The van der Waals surface area contributed by atoms with Crippen molar-refractivity contribution in [3.8, 4) is 0 Å². The molecule has 2 bridgehead atoms. The Kier molecular flexibility index (Phi) is 3.13. The van der Waals surface area contributed by atoms with Crippen LogP contribution in [0, 0.1) is 35.5 Å². The van der Waals surface area contributed by atoms with Crippen molar-refractivity contribution in [2.45, 2.75) is 40.5 Å². The summed E-state index contributed by atoms with van der Waals surface area (Å²) < 4.78 is 0. The number of fused-ring (bicyclic) bond motifs is 1. The first kappa shape index (κ1) is 15.6. The zero-order chi connectivity index (χ0) is 17.3. The first-order valence-corrected chi connectivity index (χ1v) is 8.95. The highest BCUT2D eigenvalue weighted by Gasteiger charge is 2.67. The molecule has 0 aromatic heterocycles. The van der Waals surface area contributed by atoms with Crippen molar-refractivity contribution in [1.29, 1.82) is 0 Å². The molecule has 3 aliphatic carbocycles. The summed E-state index contributed by atoms with van der Waals surface area (Å²) in [7, 11) is 0. The molecule has 0 unspecified atom stereocenters. The second-order valence-electron chi connectivity index (χ2n) is 8.41. The average molecular weight is 323 g/mol. The van der Waals surface area contributed by atoms with Gasteiger partial charge in [0.2, 0.25) is 11.8 Å². The number of amides is 2. The fraction of sp³-hybridized carbons (Fsp3) is 0.524. The molecule has 4 atom stereocenters. The topological polar surface area (TPSA) is 37.4 Å². The summed E-state index contributed by atoms with van der Waals surface area (Å²) in [5.74, 6) is -0.0911. The maximum absolute atomic E-state index is 13.3. The number of carbonyl (C=O) groups excluding carboxylic acids is 2. The predicted octanol–water partition coefficient (Wildman–Crippen LogP) is 4.11. The van der Waals surface area contributed by atoms with Crippen LogP contribution in [0.4, 0.5) is 5.69 Å². The Labute approximate surface area is 143 Å². The van der Waals surface area contributed by atoms with Crippen LogP contribution in [0.3, 0.4) is 0 Å². The lowest BCUT2D eigenvalue weighted by Crippen LogP contribution is -2.53. The summed E-state index contributed by atoms with van der Waals surface area (Å²) in [5.41, 5.74) is 1.48. The van der Waals surface area contributed by atoms with E-state index >= 15 is 0 Å². The minimum atomic E-state index is -0.215. The van der Waals surface area contributed by atoms with Crippen LogP contribution in [0.2, 0.25) is 0 Å². The van der Waals surface area contributed by atoms with Gasteiger partial charge in [0.25, 0.3) is 0 Å². The number of anilines is 1. The molecule has 0 radical (unpaired) electrons. The van der Waals surface area contributed by atoms with Gasteiger partial charge < -0.3 is 0 Å². The highest BCUT2D eigenvalue weighted by molar-refractivity contribution is 6.23. The predicted molar refractivity (Wildman–Crippen MR) is 94.4 cm³/mol. The standard InChI is InChI=1S/C21H25NO2/c1-13(2)21-11-9-20(4,10-12-21)16-17(21)19(24)22(18(16)23)15-7-5-14(3)6-8-15/h5-9,11,13,16-17H,10,12H2,1-4H3/t16-,17-,20-,21-/m0/s1. The molecule has 5 rings (SSSR count). The number of hydrogen-bond acceptors (Lipinski definition) is 2. The van der Waals surface area contributed by atoms with E-state index in [1.807, 2.05) is 31.2 Å². The third-order valence-electron chi connectivity index (χ3n) is 6.83. The lowest BCUT2D eigenvalue weighted by atomic mass is 9.46. The Morgan fingerprint density at radius 3 is 2.17 bits per heavy atom. The van der Waals surface area contributed by atoms with Gasteiger partial charge in [0, 0.05) is 5.41 Å². The summed E-state index contributed by atoms with van der Waals surface area (Å²) in [4.78, 5) is 28.1. The zero-order valence-corrected chi connectivity index (χ0v) is 14.9. The van der Waals surface area contributed by atoms with Gasteiger partial charge in [-0.15, -0.1) is 0 Å². The third-order valence-corrected chi connectivity index (χ3v) is 6.83. The number of hydrogen-bond donors (Lipinski definition) is 0. The average Bonchev–Trinajstić information content (AvgIpc) is 2.83. The monoisotopic (exact) mass is 323 g/mol. The summed E-state index contributed by atoms with van der Waals surface area (Å²) in [6.45, 7) is 8.52. The molecule has 1 aromatic rings. The van der Waals surface area contributed by atoms with E-state index in [2.05, 4.69) is 32.9 Å². The number of allylic oxidation sites excluding steroid dienone is 2. The van der Waals surface area contributed by atoms with Gasteiger partial charge >= 0.3 is 0 Å². The molecule has 1 saturated carbocycles. The summed E-state index contributed by atoms with van der Waals surface area (Å²) >= 11 is 0. The minimum absolute atomic E-state index is 0.00201. The molecule has 1 aliphatic heterocycles. The summed E-state index contributed by atoms with van der Waals surface area (Å²) in [5, 5.41) is 0. The van der Waals surface area contributed by atoms with Gasteiger partial charge in [-0.05, 0) is 43.2 Å². The van der Waals surface area contributed by atoms with Crippen LogP contribution < -0.4 is 4.90 Å². The molecule has 1 saturated heterocycles. The molecule has 126 valence electrons. The molecule has 3 heteroatoms. The van der Waals surface area contributed by atoms with Crippen LogP contribution in [-0.2, 0) is 9.59 Å². The SMILES string of the molecule is Cc1ccc(N2C(=O)[C@@H]3[C@@H](C2=O)[C@@]2(C(C)C)C=C[C@@]3(C)CC2)cc1. The van der Waals surface area contributed by atoms with Gasteiger partial charge in [0.1, 0.15) is 0 Å². The quantitative estimate of drug-likeness (QED) is 0.606. The molecular weight excluding hydrogens is 298 g/mol. The van der Waals surface area contributed by atoms with Crippen LogP contribution >= 0.6 is 0 Å². The normalized spacial score (nSPS) is 37.5. The molecule has 1 aromatic carbocycles. The maximum atomic E-state index is 13.3. The maximum Gasteiger partial charge on any atom is 0.238 e. The lowest BCUT2D eigenvalue weighted by molar-refractivity contribution is -0.135. The zero-order valence-electron chi connectivity index (χ0n) is 14.9. The Balaban J connectivity index is 1.84. The number of nitrogens with zero attached hydrogens (tertiary/aromatic N) is 1. The van der Waals surface area contributed by atoms with Gasteiger partial charge in [-0.3, -0.25) is 9.59 Å². The van der Waals surface area contributed by atoms with Crippen molar-refractivity contribution in [2.24, 2.45) is 28.6 Å². The molecule has 0 spiro atoms. The Morgan fingerprint density at radius 1 is 1.00 bits per heavy atom. The van der Waals surface area contributed by atoms with Gasteiger partial charge in [0.05, 0.1) is 17.5 Å². The number of rotatable bonds is 2. The van der Waals surface area contributed by atoms with Gasteiger partial charge in [-0.25, -0.2) is 4.90 Å². The van der Waals surface area contributed by atoms with Crippen molar-refractivity contribution >= 4 is 17.5 Å². The molecule has 24 heavy (non-hydrogen) atoms. The van der Waals surface area contributed by atoms with Crippen LogP contribution in [-0.4, -0.2) is 11.8 Å². The van der Waals surface area contributed by atoms with E-state index in [-0.39, 0.29) is 34.5 Å². The van der Waals surface area contributed by atoms with Crippen LogP contribution in [0.25, 0.3) is 0 Å². The van der Waals surface area contributed by atoms with E-state index in [9.17, 15) is 9.59 Å². The first-order valence-electron chi connectivity index (χ1n) is 8.95. The van der Waals surface area contributed by atoms with Crippen molar-refractivity contribution in [1.82, 2.24) is 0 Å². The van der Waals surface area contributed by atoms with Gasteiger partial charge in [-0.1, -0.05) is 50.6 Å². The van der Waals surface area contributed by atoms with Crippen molar-refractivity contribution in [3.63, 3.8) is 0 Å². The van der Waals surface area contributed by atoms with Crippen molar-refractivity contribution < 1.29 is 9.59 Å². The number of imide groups is 1. The van der Waals surface area contributed by atoms with E-state index in [1.54, 1.807) is 0 Å². The Bertz CT molecular complexity index is 748. The molecule has 1 heterocycles. The first-order chi connectivity index (χ1) is 11.3. The fourth-order valence-corrected chi connectivity index (χ4v) is 5.18. The largest absolute Gasteiger partial charge is 0.274 e. The number of aryl methyl sites for hydroxylation is 1. The highest BCUT2D eigenvalue weighted by Crippen LogP contribution is 2.64. The van der Waals surface area contributed by atoms with E-state index in [1.165, 1.54) is 4.90 Å². The second kappa shape index (κ2) is 4.81.